The number of hydrogen-bond acceptors (Lipinski definition) is 3. The molecule has 0 aliphatic heterocycles. The summed E-state index contributed by atoms with van der Waals surface area (Å²) in [6, 6.07) is -0.565. The highest BCUT2D eigenvalue weighted by molar-refractivity contribution is 5.85. The summed E-state index contributed by atoms with van der Waals surface area (Å²) in [5, 5.41) is 11.3. The first-order valence-corrected chi connectivity index (χ1v) is 5.85. The van der Waals surface area contributed by atoms with Gasteiger partial charge >= 0.3 is 12.0 Å². The van der Waals surface area contributed by atoms with E-state index >= 15 is 0 Å². The average molecular weight is 257 g/mol. The summed E-state index contributed by atoms with van der Waals surface area (Å²) in [7, 11) is 0. The van der Waals surface area contributed by atoms with Gasteiger partial charge in [0.1, 0.15) is 13.1 Å². The molecular formula is C11H19N3O4. The van der Waals surface area contributed by atoms with Crippen molar-refractivity contribution in [2.24, 2.45) is 11.1 Å². The number of rotatable bonds is 6. The summed E-state index contributed by atoms with van der Waals surface area (Å²) in [6.45, 7) is 1.62. The van der Waals surface area contributed by atoms with Gasteiger partial charge in [0.05, 0.1) is 0 Å². The van der Waals surface area contributed by atoms with Crippen molar-refractivity contribution in [1.82, 2.24) is 10.2 Å². The second-order valence-corrected chi connectivity index (χ2v) is 5.04. The molecule has 0 bridgehead atoms. The number of carboxylic acids is 1. The standard InChI is InChI=1S/C11H19N3O4/c1-11(3-2-4-11)7-13-10(18)14(5-8(12)15)6-9(16)17/h2-7H2,1H3,(H2,12,15)(H,13,18)(H,16,17). The molecule has 0 radical (unpaired) electrons. The van der Waals surface area contributed by atoms with Crippen LogP contribution in [-0.4, -0.2) is 47.5 Å². The van der Waals surface area contributed by atoms with E-state index in [-0.39, 0.29) is 5.41 Å². The molecule has 0 saturated heterocycles. The van der Waals surface area contributed by atoms with Gasteiger partial charge < -0.3 is 21.1 Å². The lowest BCUT2D eigenvalue weighted by Gasteiger charge is -2.38. The zero-order valence-corrected chi connectivity index (χ0v) is 10.4. The lowest BCUT2D eigenvalue weighted by Crippen LogP contribution is -2.49. The minimum atomic E-state index is -1.18. The van der Waals surface area contributed by atoms with E-state index < -0.39 is 31.0 Å². The highest BCUT2D eigenvalue weighted by Crippen LogP contribution is 2.39. The Kier molecular flexibility index (Phi) is 4.52. The molecule has 0 spiro atoms. The van der Waals surface area contributed by atoms with Crippen LogP contribution in [0.4, 0.5) is 4.79 Å². The molecule has 0 heterocycles. The van der Waals surface area contributed by atoms with Gasteiger partial charge in [0, 0.05) is 6.54 Å². The number of hydrogen-bond donors (Lipinski definition) is 3. The van der Waals surface area contributed by atoms with Gasteiger partial charge in [-0.15, -0.1) is 0 Å². The van der Waals surface area contributed by atoms with Crippen LogP contribution in [0.25, 0.3) is 0 Å². The Morgan fingerprint density at radius 3 is 2.33 bits per heavy atom. The quantitative estimate of drug-likeness (QED) is 0.609. The molecule has 0 aromatic heterocycles. The molecular weight excluding hydrogens is 238 g/mol. The maximum Gasteiger partial charge on any atom is 0.323 e. The SMILES string of the molecule is CC1(CNC(=O)N(CC(N)=O)CC(=O)O)CCC1. The number of primary amides is 1. The Bertz CT molecular complexity index is 336. The molecule has 1 aliphatic carbocycles. The Morgan fingerprint density at radius 1 is 1.33 bits per heavy atom. The average Bonchev–Trinajstić information content (AvgIpc) is 2.21. The molecule has 4 N–H and O–H groups in total. The summed E-state index contributed by atoms with van der Waals surface area (Å²) in [5.41, 5.74) is 5.07. The summed E-state index contributed by atoms with van der Waals surface area (Å²) in [6.07, 6.45) is 3.23. The molecule has 1 fully saturated rings. The third kappa shape index (κ3) is 4.23. The number of carbonyl (C=O) groups excluding carboxylic acids is 2. The third-order valence-corrected chi connectivity index (χ3v) is 3.19. The molecule has 0 aromatic rings. The number of carbonyl (C=O) groups is 3. The third-order valence-electron chi connectivity index (χ3n) is 3.19. The van der Waals surface area contributed by atoms with Crippen molar-refractivity contribution < 1.29 is 19.5 Å². The number of nitrogens with one attached hydrogen (secondary N) is 1. The lowest BCUT2D eigenvalue weighted by molar-refractivity contribution is -0.137. The number of carboxylic acid groups (broad SMARTS) is 1. The highest BCUT2D eigenvalue weighted by Gasteiger charge is 2.32. The molecule has 1 saturated carbocycles. The second kappa shape index (κ2) is 5.70. The van der Waals surface area contributed by atoms with E-state index in [4.69, 9.17) is 10.8 Å². The van der Waals surface area contributed by atoms with Gasteiger partial charge in [-0.3, -0.25) is 9.59 Å². The first kappa shape index (κ1) is 14.3. The lowest BCUT2D eigenvalue weighted by atomic mass is 9.70. The Hall–Kier alpha value is -1.79. The van der Waals surface area contributed by atoms with E-state index in [2.05, 4.69) is 12.2 Å². The topological polar surface area (TPSA) is 113 Å². The minimum Gasteiger partial charge on any atom is -0.480 e. The summed E-state index contributed by atoms with van der Waals surface area (Å²) < 4.78 is 0. The minimum absolute atomic E-state index is 0.0945. The van der Waals surface area contributed by atoms with Gasteiger partial charge in [0.25, 0.3) is 0 Å². The van der Waals surface area contributed by atoms with Crippen LogP contribution in [0.5, 0.6) is 0 Å². The molecule has 0 atom stereocenters. The van der Waals surface area contributed by atoms with Crippen molar-refractivity contribution in [3.8, 4) is 0 Å². The molecule has 0 unspecified atom stereocenters. The van der Waals surface area contributed by atoms with Gasteiger partial charge in [-0.2, -0.15) is 0 Å². The Labute approximate surface area is 105 Å². The van der Waals surface area contributed by atoms with E-state index in [1.54, 1.807) is 0 Å². The fraction of sp³-hybridized carbons (Fsp3) is 0.727. The fourth-order valence-corrected chi connectivity index (χ4v) is 1.91. The van der Waals surface area contributed by atoms with Gasteiger partial charge in [0.2, 0.25) is 5.91 Å². The van der Waals surface area contributed by atoms with Crippen molar-refractivity contribution in [3.05, 3.63) is 0 Å². The predicted molar refractivity (Wildman–Crippen MR) is 63.8 cm³/mol. The number of aliphatic carboxylic acids is 1. The first-order valence-electron chi connectivity index (χ1n) is 5.85. The van der Waals surface area contributed by atoms with Gasteiger partial charge in [-0.25, -0.2) is 4.79 Å². The number of urea groups is 1. The van der Waals surface area contributed by atoms with E-state index in [0.717, 1.165) is 24.2 Å². The predicted octanol–water partition coefficient (Wildman–Crippen LogP) is -0.242. The second-order valence-electron chi connectivity index (χ2n) is 5.04. The van der Waals surface area contributed by atoms with Crippen LogP contribution in [0.15, 0.2) is 0 Å². The zero-order valence-electron chi connectivity index (χ0n) is 10.4. The Balaban J connectivity index is 2.47. The smallest absolute Gasteiger partial charge is 0.323 e. The van der Waals surface area contributed by atoms with Gasteiger partial charge in [-0.1, -0.05) is 13.3 Å². The molecule has 7 nitrogen and oxygen atoms in total. The molecule has 1 rings (SSSR count). The molecule has 102 valence electrons. The number of nitrogens with two attached hydrogens (primary N) is 1. The van der Waals surface area contributed by atoms with E-state index in [0.29, 0.717) is 6.54 Å². The van der Waals surface area contributed by atoms with Crippen LogP contribution in [0.2, 0.25) is 0 Å². The monoisotopic (exact) mass is 257 g/mol. The first-order chi connectivity index (χ1) is 8.32. The van der Waals surface area contributed by atoms with E-state index in [1.165, 1.54) is 0 Å². The molecule has 7 heteroatoms. The van der Waals surface area contributed by atoms with Gasteiger partial charge in [-0.05, 0) is 18.3 Å². The van der Waals surface area contributed by atoms with Crippen LogP contribution in [0.1, 0.15) is 26.2 Å². The van der Waals surface area contributed by atoms with E-state index in [1.807, 2.05) is 0 Å². The van der Waals surface area contributed by atoms with Crippen LogP contribution < -0.4 is 11.1 Å². The Morgan fingerprint density at radius 2 is 1.94 bits per heavy atom. The van der Waals surface area contributed by atoms with Crippen molar-refractivity contribution in [2.45, 2.75) is 26.2 Å². The highest BCUT2D eigenvalue weighted by atomic mass is 16.4. The summed E-state index contributed by atoms with van der Waals surface area (Å²) in [4.78, 5) is 34.0. The van der Waals surface area contributed by atoms with Crippen LogP contribution in [0.3, 0.4) is 0 Å². The number of nitrogens with zero attached hydrogens (tertiary/aromatic N) is 1. The maximum atomic E-state index is 11.7. The zero-order chi connectivity index (χ0) is 13.8. The van der Waals surface area contributed by atoms with Crippen molar-refractivity contribution in [2.75, 3.05) is 19.6 Å². The van der Waals surface area contributed by atoms with Crippen molar-refractivity contribution in [1.29, 1.82) is 0 Å². The molecule has 3 amide bonds. The van der Waals surface area contributed by atoms with Crippen molar-refractivity contribution >= 4 is 17.9 Å². The van der Waals surface area contributed by atoms with Crippen molar-refractivity contribution in [3.63, 3.8) is 0 Å². The van der Waals surface area contributed by atoms with Crippen LogP contribution in [-0.2, 0) is 9.59 Å². The summed E-state index contributed by atoms with van der Waals surface area (Å²) >= 11 is 0. The van der Waals surface area contributed by atoms with Crippen LogP contribution >= 0.6 is 0 Å². The molecule has 18 heavy (non-hydrogen) atoms. The van der Waals surface area contributed by atoms with Crippen LogP contribution in [0, 0.1) is 5.41 Å². The maximum absolute atomic E-state index is 11.7. The number of amides is 3. The fourth-order valence-electron chi connectivity index (χ4n) is 1.91. The largest absolute Gasteiger partial charge is 0.480 e. The van der Waals surface area contributed by atoms with Gasteiger partial charge in [0.15, 0.2) is 0 Å². The van der Waals surface area contributed by atoms with E-state index in [9.17, 15) is 14.4 Å². The molecule has 0 aromatic carbocycles. The molecule has 1 aliphatic rings. The summed E-state index contributed by atoms with van der Waals surface area (Å²) in [5.74, 6) is -1.91. The normalized spacial score (nSPS) is 16.5.